The zero-order valence-electron chi connectivity index (χ0n) is 14.4. The molecule has 136 valence electrons. The van der Waals surface area contributed by atoms with Crippen molar-refractivity contribution < 1.29 is 31.0 Å². The van der Waals surface area contributed by atoms with Crippen LogP contribution in [0.25, 0.3) is 27.8 Å². The van der Waals surface area contributed by atoms with Gasteiger partial charge in [-0.1, -0.05) is 29.8 Å². The fraction of sp³-hybridized carbons (Fsp3) is 0.100. The van der Waals surface area contributed by atoms with Gasteiger partial charge >= 0.3 is 0 Å². The van der Waals surface area contributed by atoms with Gasteiger partial charge in [0.25, 0.3) is 0 Å². The SMILES string of the molecule is CC(=O)/C=C(/C)O.[Pt].c1ccc(-n2c3cccnc3c3[n-]ccc32)cc1. The molecule has 1 N–H and O–H groups in total. The largest absolute Gasteiger partial charge is 0.661 e. The summed E-state index contributed by atoms with van der Waals surface area (Å²) in [5.74, 6) is -0.0625. The van der Waals surface area contributed by atoms with E-state index in [4.69, 9.17) is 5.11 Å². The van der Waals surface area contributed by atoms with Crippen LogP contribution in [0.1, 0.15) is 13.8 Å². The monoisotopic (exact) mass is 527 g/mol. The second-order valence-electron chi connectivity index (χ2n) is 5.62. The van der Waals surface area contributed by atoms with E-state index >= 15 is 0 Å². The number of ketones is 1. The molecule has 0 aliphatic rings. The maximum absolute atomic E-state index is 10.0. The minimum Gasteiger partial charge on any atom is -0.661 e. The number of hydrogen-bond donors (Lipinski definition) is 1. The van der Waals surface area contributed by atoms with Crippen LogP contribution in [0.4, 0.5) is 0 Å². The average Bonchev–Trinajstić information content (AvgIpc) is 3.15. The minimum atomic E-state index is -0.125. The smallest absolute Gasteiger partial charge is 0.155 e. The van der Waals surface area contributed by atoms with E-state index in [2.05, 4.69) is 32.7 Å². The Labute approximate surface area is 165 Å². The van der Waals surface area contributed by atoms with Gasteiger partial charge in [-0.15, -0.1) is 0 Å². The number of rotatable bonds is 2. The number of aliphatic hydroxyl groups is 1. The standard InChI is InChI=1S/C15H10N3.C5H8O2.Pt/c1-2-5-11(6-3-1)18-12-7-4-9-16-14(12)15-13(18)8-10-17-15;1-4(6)3-5(2)7;/h1-10H;3,6H,1-2H3;/q-1;;/b;4-3-;. The third-order valence-corrected chi connectivity index (χ3v) is 3.60. The number of hydrogen-bond acceptors (Lipinski definition) is 3. The summed E-state index contributed by atoms with van der Waals surface area (Å²) in [4.78, 5) is 18.9. The van der Waals surface area contributed by atoms with Gasteiger partial charge in [0.1, 0.15) is 0 Å². The van der Waals surface area contributed by atoms with Gasteiger partial charge in [0.05, 0.1) is 16.8 Å². The second-order valence-corrected chi connectivity index (χ2v) is 5.62. The van der Waals surface area contributed by atoms with Crippen molar-refractivity contribution in [2.75, 3.05) is 0 Å². The number of allylic oxidation sites excluding steroid dienone is 2. The topological polar surface area (TPSA) is 69.2 Å². The number of fused-ring (bicyclic) bond motifs is 3. The number of carbonyl (C=O) groups excluding carboxylic acids is 1. The van der Waals surface area contributed by atoms with Crippen molar-refractivity contribution in [3.8, 4) is 5.69 Å². The maximum atomic E-state index is 10.0. The van der Waals surface area contributed by atoms with Crippen LogP contribution >= 0.6 is 0 Å². The molecule has 1 aromatic carbocycles. The van der Waals surface area contributed by atoms with Gasteiger partial charge in [0, 0.05) is 44.5 Å². The van der Waals surface area contributed by atoms with E-state index in [1.54, 1.807) is 0 Å². The number of carbonyl (C=O) groups is 1. The van der Waals surface area contributed by atoms with Crippen molar-refractivity contribution in [1.29, 1.82) is 0 Å². The second kappa shape index (κ2) is 8.63. The molecule has 3 aromatic heterocycles. The van der Waals surface area contributed by atoms with Gasteiger partial charge in [0.2, 0.25) is 0 Å². The Morgan fingerprint density at radius 2 is 1.81 bits per heavy atom. The molecular weight excluding hydrogens is 509 g/mol. The molecule has 0 saturated carbocycles. The third kappa shape index (κ3) is 4.11. The normalized spacial score (nSPS) is 10.9. The molecule has 5 nitrogen and oxygen atoms in total. The van der Waals surface area contributed by atoms with Gasteiger partial charge in [0.15, 0.2) is 5.78 Å². The number of nitrogens with zero attached hydrogens (tertiary/aromatic N) is 3. The Morgan fingerprint density at radius 3 is 2.42 bits per heavy atom. The fourth-order valence-electron chi connectivity index (χ4n) is 2.73. The molecule has 0 atom stereocenters. The molecule has 0 fully saturated rings. The summed E-state index contributed by atoms with van der Waals surface area (Å²) < 4.78 is 2.20. The van der Waals surface area contributed by atoms with Crippen LogP contribution in [0.5, 0.6) is 0 Å². The van der Waals surface area contributed by atoms with E-state index in [9.17, 15) is 4.79 Å². The van der Waals surface area contributed by atoms with Crippen molar-refractivity contribution in [3.63, 3.8) is 0 Å². The fourth-order valence-corrected chi connectivity index (χ4v) is 2.73. The van der Waals surface area contributed by atoms with Gasteiger partial charge in [-0.05, 0) is 38.1 Å². The van der Waals surface area contributed by atoms with Crippen molar-refractivity contribution >= 4 is 27.9 Å². The summed E-state index contributed by atoms with van der Waals surface area (Å²) in [6.45, 7) is 2.85. The summed E-state index contributed by atoms with van der Waals surface area (Å²) in [6.07, 6.45) is 4.81. The van der Waals surface area contributed by atoms with Crippen molar-refractivity contribution in [2.45, 2.75) is 13.8 Å². The molecule has 6 heteroatoms. The predicted octanol–water partition coefficient (Wildman–Crippen LogP) is 4.17. The van der Waals surface area contributed by atoms with Gasteiger partial charge < -0.3 is 14.7 Å². The van der Waals surface area contributed by atoms with Crippen LogP contribution in [0, 0.1) is 0 Å². The molecule has 0 radical (unpaired) electrons. The van der Waals surface area contributed by atoms with Crippen LogP contribution in [0.2, 0.25) is 0 Å². The molecule has 3 heterocycles. The molecular formula is C20H18N3O2Pt-. The van der Waals surface area contributed by atoms with Gasteiger partial charge in [-0.3, -0.25) is 9.78 Å². The minimum absolute atomic E-state index is 0. The number of para-hydroxylation sites is 1. The molecule has 0 aliphatic carbocycles. The number of benzene rings is 1. The zero-order chi connectivity index (χ0) is 17.8. The summed E-state index contributed by atoms with van der Waals surface area (Å²) >= 11 is 0. The molecule has 0 unspecified atom stereocenters. The van der Waals surface area contributed by atoms with E-state index < -0.39 is 0 Å². The van der Waals surface area contributed by atoms with Gasteiger partial charge in [-0.25, -0.2) is 0 Å². The summed E-state index contributed by atoms with van der Waals surface area (Å²) in [5, 5.41) is 8.36. The Balaban J connectivity index is 0.000000265. The van der Waals surface area contributed by atoms with E-state index in [0.717, 1.165) is 27.8 Å². The quantitative estimate of drug-likeness (QED) is 0.314. The van der Waals surface area contributed by atoms with E-state index in [-0.39, 0.29) is 32.6 Å². The first kappa shape index (κ1) is 19.7. The summed E-state index contributed by atoms with van der Waals surface area (Å²) in [6, 6.07) is 16.4. The van der Waals surface area contributed by atoms with E-state index in [1.807, 2.05) is 42.7 Å². The third-order valence-electron chi connectivity index (χ3n) is 3.60. The molecule has 0 saturated heterocycles. The van der Waals surface area contributed by atoms with Crippen LogP contribution < -0.4 is 4.98 Å². The van der Waals surface area contributed by atoms with Gasteiger partial charge in [-0.2, -0.15) is 6.20 Å². The number of pyridine rings is 1. The van der Waals surface area contributed by atoms with Crippen molar-refractivity contribution in [2.24, 2.45) is 0 Å². The number of aliphatic hydroxyl groups excluding tert-OH is 1. The summed E-state index contributed by atoms with van der Waals surface area (Å²) in [5.41, 5.74) is 5.27. The molecule has 0 spiro atoms. The Kier molecular flexibility index (Phi) is 6.53. The van der Waals surface area contributed by atoms with Crippen molar-refractivity contribution in [1.82, 2.24) is 14.5 Å². The first-order chi connectivity index (χ1) is 12.1. The molecule has 0 aliphatic heterocycles. The molecule has 4 rings (SSSR count). The average molecular weight is 527 g/mol. The van der Waals surface area contributed by atoms with Crippen LogP contribution in [-0.4, -0.2) is 20.4 Å². The first-order valence-electron chi connectivity index (χ1n) is 7.88. The predicted molar refractivity (Wildman–Crippen MR) is 99.0 cm³/mol. The Hall–Kier alpha value is -2.65. The first-order valence-corrected chi connectivity index (χ1v) is 7.88. The number of aromatic nitrogens is 3. The molecule has 0 amide bonds. The zero-order valence-corrected chi connectivity index (χ0v) is 16.6. The molecule has 4 aromatic rings. The Bertz CT molecular complexity index is 1040. The van der Waals surface area contributed by atoms with E-state index in [0.29, 0.717) is 0 Å². The van der Waals surface area contributed by atoms with Crippen LogP contribution in [0.3, 0.4) is 0 Å². The maximum Gasteiger partial charge on any atom is 0.155 e. The van der Waals surface area contributed by atoms with Crippen LogP contribution in [0.15, 0.2) is 72.8 Å². The van der Waals surface area contributed by atoms with E-state index in [1.165, 1.54) is 19.9 Å². The molecule has 0 bridgehead atoms. The van der Waals surface area contributed by atoms with Crippen molar-refractivity contribution in [3.05, 3.63) is 72.8 Å². The van der Waals surface area contributed by atoms with Crippen LogP contribution in [-0.2, 0) is 25.9 Å². The molecule has 26 heavy (non-hydrogen) atoms. The summed E-state index contributed by atoms with van der Waals surface area (Å²) in [7, 11) is 0. The Morgan fingerprint density at radius 1 is 1.08 bits per heavy atom.